The Kier molecular flexibility index (Phi) is 8.51. The summed E-state index contributed by atoms with van der Waals surface area (Å²) < 4.78 is 9.53. The fraction of sp³-hybridized carbons (Fsp3) is 0.269. The number of rotatable bonds is 7. The highest BCUT2D eigenvalue weighted by molar-refractivity contribution is 8.03. The first-order valence-corrected chi connectivity index (χ1v) is 11.9. The number of carbonyl (C=O) groups excluding carboxylic acids is 4. The Bertz CT molecular complexity index is 1260. The Morgan fingerprint density at radius 2 is 1.69 bits per heavy atom. The molecule has 36 heavy (non-hydrogen) atoms. The van der Waals surface area contributed by atoms with Crippen LogP contribution in [0.2, 0.25) is 0 Å². The third kappa shape index (κ3) is 5.93. The van der Waals surface area contributed by atoms with E-state index in [1.54, 1.807) is 12.1 Å². The molecule has 0 aromatic heterocycles. The van der Waals surface area contributed by atoms with Gasteiger partial charge in [-0.15, -0.1) is 0 Å². The monoisotopic (exact) mass is 507 g/mol. The van der Waals surface area contributed by atoms with Crippen molar-refractivity contribution in [3.05, 3.63) is 75.3 Å². The predicted molar refractivity (Wildman–Crippen MR) is 134 cm³/mol. The van der Waals surface area contributed by atoms with Gasteiger partial charge in [0.15, 0.2) is 0 Å². The molecule has 0 bridgehead atoms. The maximum atomic E-state index is 12.9. The van der Waals surface area contributed by atoms with E-state index in [1.807, 2.05) is 32.0 Å². The van der Waals surface area contributed by atoms with Crippen LogP contribution >= 0.6 is 11.8 Å². The van der Waals surface area contributed by atoms with E-state index in [-0.39, 0.29) is 27.8 Å². The quantitative estimate of drug-likeness (QED) is 0.431. The second-order valence-electron chi connectivity index (χ2n) is 8.15. The van der Waals surface area contributed by atoms with Gasteiger partial charge in [-0.1, -0.05) is 30.0 Å². The summed E-state index contributed by atoms with van der Waals surface area (Å²) in [6.45, 7) is 3.85. The van der Waals surface area contributed by atoms with Crippen LogP contribution in [0.15, 0.2) is 53.1 Å². The predicted octanol–water partition coefficient (Wildman–Crippen LogP) is 3.20. The van der Waals surface area contributed by atoms with Gasteiger partial charge in [0.25, 0.3) is 0 Å². The van der Waals surface area contributed by atoms with Gasteiger partial charge < -0.3 is 20.1 Å². The van der Waals surface area contributed by atoms with E-state index in [0.717, 1.165) is 30.0 Å². The van der Waals surface area contributed by atoms with Crippen LogP contribution in [-0.4, -0.2) is 43.7 Å². The molecule has 0 saturated heterocycles. The summed E-state index contributed by atoms with van der Waals surface area (Å²) in [7, 11) is 2.41. The van der Waals surface area contributed by atoms with Crippen molar-refractivity contribution in [2.45, 2.75) is 19.8 Å². The fourth-order valence-electron chi connectivity index (χ4n) is 4.01. The van der Waals surface area contributed by atoms with E-state index < -0.39 is 29.7 Å². The second-order valence-corrected chi connectivity index (χ2v) is 9.13. The smallest absolute Gasteiger partial charge is 0.337 e. The normalized spacial score (nSPS) is 17.0. The summed E-state index contributed by atoms with van der Waals surface area (Å²) in [6.07, 6.45) is 0. The molecule has 2 N–H and O–H groups in total. The Morgan fingerprint density at radius 3 is 2.25 bits per heavy atom. The van der Waals surface area contributed by atoms with Crippen molar-refractivity contribution in [3.63, 3.8) is 0 Å². The number of nitrogens with one attached hydrogen (secondary N) is 2. The first kappa shape index (κ1) is 26.5. The zero-order valence-electron chi connectivity index (χ0n) is 20.2. The van der Waals surface area contributed by atoms with Crippen LogP contribution in [0, 0.1) is 31.1 Å². The van der Waals surface area contributed by atoms with Crippen molar-refractivity contribution < 1.29 is 28.7 Å². The van der Waals surface area contributed by atoms with Gasteiger partial charge in [0.1, 0.15) is 5.92 Å². The zero-order chi connectivity index (χ0) is 26.4. The fourth-order valence-corrected chi connectivity index (χ4v) is 4.85. The molecule has 2 aromatic rings. The van der Waals surface area contributed by atoms with Crippen LogP contribution < -0.4 is 10.6 Å². The van der Waals surface area contributed by atoms with Gasteiger partial charge in [0.2, 0.25) is 11.8 Å². The maximum Gasteiger partial charge on any atom is 0.337 e. The number of hydrogen-bond donors (Lipinski definition) is 2. The molecule has 0 radical (unpaired) electrons. The second kappa shape index (κ2) is 11.6. The summed E-state index contributed by atoms with van der Waals surface area (Å²) in [6, 6.07) is 13.8. The van der Waals surface area contributed by atoms with Crippen LogP contribution in [-0.2, 0) is 23.9 Å². The van der Waals surface area contributed by atoms with E-state index in [1.165, 1.54) is 19.2 Å². The third-order valence-electron chi connectivity index (χ3n) is 5.53. The first-order valence-electron chi connectivity index (χ1n) is 10.9. The molecule has 2 amide bonds. The molecular formula is C26H25N3O6S. The van der Waals surface area contributed by atoms with Crippen molar-refractivity contribution in [2.75, 3.05) is 25.3 Å². The molecule has 186 valence electrons. The molecule has 1 aliphatic heterocycles. The number of benzene rings is 2. The van der Waals surface area contributed by atoms with Gasteiger partial charge in [-0.25, -0.2) is 4.79 Å². The molecule has 2 aromatic carbocycles. The SMILES string of the molecule is COC(=O)c1ccc([C@H]2C(C#N)=C(SCC(=O)Nc3cc(C)cc(C)c3)NC(=O)[C@@H]2C(=O)OC)cc1. The van der Waals surface area contributed by atoms with E-state index in [9.17, 15) is 24.4 Å². The summed E-state index contributed by atoms with van der Waals surface area (Å²) in [5.74, 6) is -4.69. The van der Waals surface area contributed by atoms with Crippen LogP contribution in [0.1, 0.15) is 33.0 Å². The highest BCUT2D eigenvalue weighted by Crippen LogP contribution is 2.40. The van der Waals surface area contributed by atoms with E-state index >= 15 is 0 Å². The molecule has 0 fully saturated rings. The number of esters is 2. The molecule has 10 heteroatoms. The van der Waals surface area contributed by atoms with Crippen LogP contribution in [0.5, 0.6) is 0 Å². The number of ether oxygens (including phenoxy) is 2. The Labute approximate surface area is 212 Å². The van der Waals surface area contributed by atoms with Gasteiger partial charge in [-0.2, -0.15) is 5.26 Å². The van der Waals surface area contributed by atoms with Crippen LogP contribution in [0.25, 0.3) is 0 Å². The number of allylic oxidation sites excluding steroid dienone is 1. The third-order valence-corrected chi connectivity index (χ3v) is 6.54. The number of aryl methyl sites for hydroxylation is 2. The minimum Gasteiger partial charge on any atom is -0.468 e. The summed E-state index contributed by atoms with van der Waals surface area (Å²) in [4.78, 5) is 49.8. The van der Waals surface area contributed by atoms with Crippen molar-refractivity contribution in [3.8, 4) is 6.07 Å². The Hall–Kier alpha value is -4.10. The zero-order valence-corrected chi connectivity index (χ0v) is 21.0. The maximum absolute atomic E-state index is 12.9. The van der Waals surface area contributed by atoms with Crippen LogP contribution in [0.3, 0.4) is 0 Å². The standard InChI is InChI=1S/C26H25N3O6S/c1-14-9-15(2)11-18(10-14)28-20(30)13-36-24-19(12-27)21(22(23(31)29-24)26(33)35-4)16-5-7-17(8-6-16)25(32)34-3/h5-11,21-22H,13H2,1-4H3,(H,28,30)(H,29,31)/t21-,22+/m0/s1. The van der Waals surface area contributed by atoms with E-state index in [4.69, 9.17) is 9.47 Å². The number of thioether (sulfide) groups is 1. The molecule has 3 rings (SSSR count). The number of methoxy groups -OCH3 is 2. The minimum atomic E-state index is -1.32. The number of nitriles is 1. The number of nitrogens with zero attached hydrogens (tertiary/aromatic N) is 1. The molecule has 0 aliphatic carbocycles. The number of amides is 2. The van der Waals surface area contributed by atoms with Gasteiger partial charge >= 0.3 is 11.9 Å². The summed E-state index contributed by atoms with van der Waals surface area (Å²) >= 11 is 0.988. The van der Waals surface area contributed by atoms with E-state index in [0.29, 0.717) is 11.3 Å². The molecular weight excluding hydrogens is 482 g/mol. The molecule has 1 aliphatic rings. The average Bonchev–Trinajstić information content (AvgIpc) is 2.85. The Morgan fingerprint density at radius 1 is 1.06 bits per heavy atom. The number of anilines is 1. The lowest BCUT2D eigenvalue weighted by Crippen LogP contribution is -2.44. The van der Waals surface area contributed by atoms with Gasteiger partial charge in [-0.3, -0.25) is 14.4 Å². The molecule has 1 heterocycles. The van der Waals surface area contributed by atoms with E-state index in [2.05, 4.69) is 16.7 Å². The van der Waals surface area contributed by atoms with Gasteiger partial charge in [0, 0.05) is 11.6 Å². The topological polar surface area (TPSA) is 135 Å². The largest absolute Gasteiger partial charge is 0.468 e. The van der Waals surface area contributed by atoms with Gasteiger partial charge in [0.05, 0.1) is 42.2 Å². The number of carbonyl (C=O) groups is 4. The molecule has 2 atom stereocenters. The lowest BCUT2D eigenvalue weighted by molar-refractivity contribution is -0.150. The Balaban J connectivity index is 1.91. The lowest BCUT2D eigenvalue weighted by Gasteiger charge is -2.31. The molecule has 0 spiro atoms. The molecule has 0 saturated carbocycles. The molecule has 9 nitrogen and oxygen atoms in total. The minimum absolute atomic E-state index is 0.0787. The van der Waals surface area contributed by atoms with Crippen LogP contribution in [0.4, 0.5) is 5.69 Å². The first-order chi connectivity index (χ1) is 17.2. The van der Waals surface area contributed by atoms with Crippen molar-refractivity contribution in [1.29, 1.82) is 5.26 Å². The van der Waals surface area contributed by atoms with Crippen molar-refractivity contribution in [1.82, 2.24) is 5.32 Å². The van der Waals surface area contributed by atoms with Crippen molar-refractivity contribution >= 4 is 41.2 Å². The summed E-state index contributed by atoms with van der Waals surface area (Å²) in [5, 5.41) is 15.6. The van der Waals surface area contributed by atoms with Gasteiger partial charge in [-0.05, 0) is 54.8 Å². The highest BCUT2D eigenvalue weighted by atomic mass is 32.2. The molecule has 0 unspecified atom stereocenters. The number of hydrogen-bond acceptors (Lipinski definition) is 8. The average molecular weight is 508 g/mol. The highest BCUT2D eigenvalue weighted by Gasteiger charge is 2.44. The van der Waals surface area contributed by atoms with Crippen molar-refractivity contribution in [2.24, 2.45) is 5.92 Å². The summed E-state index contributed by atoms with van der Waals surface area (Å²) in [5.41, 5.74) is 3.50. The lowest BCUT2D eigenvalue weighted by atomic mass is 9.78.